The van der Waals surface area contributed by atoms with Crippen LogP contribution in [-0.2, 0) is 13.5 Å². The Hall–Kier alpha value is -1.81. The van der Waals surface area contributed by atoms with Crippen molar-refractivity contribution in [1.29, 1.82) is 0 Å². The highest BCUT2D eigenvalue weighted by Crippen LogP contribution is 2.25. The Labute approximate surface area is 107 Å². The molecule has 2 aromatic rings. The van der Waals surface area contributed by atoms with Gasteiger partial charge in [0.1, 0.15) is 5.75 Å². The molecule has 4 nitrogen and oxygen atoms in total. The molecule has 0 fully saturated rings. The number of hydrogen-bond donors (Lipinski definition) is 1. The monoisotopic (exact) mass is 245 g/mol. The number of rotatable bonds is 5. The highest BCUT2D eigenvalue weighted by Gasteiger charge is 2.08. The Balaban J connectivity index is 2.16. The SMILES string of the molecule is CCC(N)Cc1ccccc1Oc1cnn(C)c1. The molecule has 0 aliphatic rings. The van der Waals surface area contributed by atoms with Crippen LogP contribution >= 0.6 is 0 Å². The molecule has 0 spiro atoms. The number of ether oxygens (including phenoxy) is 1. The number of nitrogens with two attached hydrogens (primary N) is 1. The van der Waals surface area contributed by atoms with E-state index >= 15 is 0 Å². The van der Waals surface area contributed by atoms with Gasteiger partial charge in [0, 0.05) is 13.1 Å². The van der Waals surface area contributed by atoms with Crippen LogP contribution in [0.15, 0.2) is 36.7 Å². The van der Waals surface area contributed by atoms with Crippen molar-refractivity contribution in [1.82, 2.24) is 9.78 Å². The maximum absolute atomic E-state index is 6.00. The standard InChI is InChI=1S/C14H19N3O/c1-3-12(15)8-11-6-4-5-7-14(11)18-13-9-16-17(2)10-13/h4-7,9-10,12H,3,8,15H2,1-2H3. The van der Waals surface area contributed by atoms with Crippen LogP contribution in [0.5, 0.6) is 11.5 Å². The van der Waals surface area contributed by atoms with E-state index in [4.69, 9.17) is 10.5 Å². The molecule has 2 rings (SSSR count). The smallest absolute Gasteiger partial charge is 0.165 e. The summed E-state index contributed by atoms with van der Waals surface area (Å²) < 4.78 is 7.55. The largest absolute Gasteiger partial charge is 0.454 e. The number of aromatic nitrogens is 2. The second-order valence-electron chi connectivity index (χ2n) is 4.43. The van der Waals surface area contributed by atoms with Crippen molar-refractivity contribution in [2.45, 2.75) is 25.8 Å². The normalized spacial score (nSPS) is 12.4. The third kappa shape index (κ3) is 3.11. The number of aryl methyl sites for hydroxylation is 1. The second-order valence-corrected chi connectivity index (χ2v) is 4.43. The van der Waals surface area contributed by atoms with Crippen LogP contribution in [0.4, 0.5) is 0 Å². The maximum atomic E-state index is 6.00. The molecule has 4 heteroatoms. The first kappa shape index (κ1) is 12.6. The van der Waals surface area contributed by atoms with Crippen molar-refractivity contribution in [2.24, 2.45) is 12.8 Å². The van der Waals surface area contributed by atoms with E-state index < -0.39 is 0 Å². The van der Waals surface area contributed by atoms with E-state index in [-0.39, 0.29) is 6.04 Å². The fourth-order valence-electron chi connectivity index (χ4n) is 1.78. The number of nitrogens with zero attached hydrogens (tertiary/aromatic N) is 2. The molecular formula is C14H19N3O. The number of hydrogen-bond acceptors (Lipinski definition) is 3. The van der Waals surface area contributed by atoms with Crippen LogP contribution in [0.3, 0.4) is 0 Å². The molecule has 96 valence electrons. The molecular weight excluding hydrogens is 226 g/mol. The summed E-state index contributed by atoms with van der Waals surface area (Å²) in [4.78, 5) is 0. The zero-order valence-electron chi connectivity index (χ0n) is 10.8. The van der Waals surface area contributed by atoms with Gasteiger partial charge in [-0.2, -0.15) is 5.10 Å². The summed E-state index contributed by atoms with van der Waals surface area (Å²) in [6, 6.07) is 8.16. The first-order chi connectivity index (χ1) is 8.69. The molecule has 1 heterocycles. The molecule has 1 unspecified atom stereocenters. The van der Waals surface area contributed by atoms with Crippen LogP contribution in [0.25, 0.3) is 0 Å². The van der Waals surface area contributed by atoms with E-state index in [1.54, 1.807) is 10.9 Å². The van der Waals surface area contributed by atoms with Gasteiger partial charge in [0.05, 0.1) is 12.4 Å². The van der Waals surface area contributed by atoms with E-state index in [1.807, 2.05) is 31.4 Å². The highest BCUT2D eigenvalue weighted by molar-refractivity contribution is 5.37. The first-order valence-electron chi connectivity index (χ1n) is 6.19. The third-order valence-corrected chi connectivity index (χ3v) is 2.89. The fourth-order valence-corrected chi connectivity index (χ4v) is 1.78. The summed E-state index contributed by atoms with van der Waals surface area (Å²) in [5, 5.41) is 4.09. The van der Waals surface area contributed by atoms with E-state index in [9.17, 15) is 0 Å². The lowest BCUT2D eigenvalue weighted by Gasteiger charge is -2.13. The Kier molecular flexibility index (Phi) is 3.99. The predicted octanol–water partition coefficient (Wildman–Crippen LogP) is 2.49. The van der Waals surface area contributed by atoms with Crippen LogP contribution in [0.1, 0.15) is 18.9 Å². The van der Waals surface area contributed by atoms with Gasteiger partial charge in [-0.3, -0.25) is 4.68 Å². The second kappa shape index (κ2) is 5.69. The summed E-state index contributed by atoms with van der Waals surface area (Å²) >= 11 is 0. The van der Waals surface area contributed by atoms with Gasteiger partial charge < -0.3 is 10.5 Å². The number of para-hydroxylation sites is 1. The molecule has 0 aliphatic heterocycles. The molecule has 2 N–H and O–H groups in total. The number of benzene rings is 1. The lowest BCUT2D eigenvalue weighted by molar-refractivity contribution is 0.471. The van der Waals surface area contributed by atoms with Gasteiger partial charge in [-0.25, -0.2) is 0 Å². The van der Waals surface area contributed by atoms with Crippen molar-refractivity contribution in [2.75, 3.05) is 0 Å². The molecule has 0 saturated carbocycles. The van der Waals surface area contributed by atoms with Crippen molar-refractivity contribution >= 4 is 0 Å². The Bertz CT molecular complexity index is 507. The summed E-state index contributed by atoms with van der Waals surface area (Å²) in [6.07, 6.45) is 5.33. The maximum Gasteiger partial charge on any atom is 0.165 e. The Morgan fingerprint density at radius 2 is 2.17 bits per heavy atom. The molecule has 0 saturated heterocycles. The predicted molar refractivity (Wildman–Crippen MR) is 71.7 cm³/mol. The first-order valence-corrected chi connectivity index (χ1v) is 6.19. The van der Waals surface area contributed by atoms with Crippen LogP contribution in [0.2, 0.25) is 0 Å². The zero-order chi connectivity index (χ0) is 13.0. The van der Waals surface area contributed by atoms with E-state index in [1.165, 1.54) is 0 Å². The van der Waals surface area contributed by atoms with Gasteiger partial charge in [0.15, 0.2) is 5.75 Å². The van der Waals surface area contributed by atoms with E-state index in [0.29, 0.717) is 0 Å². The van der Waals surface area contributed by atoms with Gasteiger partial charge in [-0.05, 0) is 24.5 Å². The van der Waals surface area contributed by atoms with Gasteiger partial charge in [-0.1, -0.05) is 25.1 Å². The van der Waals surface area contributed by atoms with Gasteiger partial charge >= 0.3 is 0 Å². The molecule has 18 heavy (non-hydrogen) atoms. The highest BCUT2D eigenvalue weighted by atomic mass is 16.5. The minimum Gasteiger partial charge on any atom is -0.454 e. The zero-order valence-corrected chi connectivity index (χ0v) is 10.8. The molecule has 1 atom stereocenters. The summed E-state index contributed by atoms with van der Waals surface area (Å²) in [7, 11) is 1.87. The lowest BCUT2D eigenvalue weighted by atomic mass is 10.0. The van der Waals surface area contributed by atoms with Gasteiger partial charge in [0.25, 0.3) is 0 Å². The van der Waals surface area contributed by atoms with Crippen LogP contribution in [0, 0.1) is 0 Å². The average molecular weight is 245 g/mol. The summed E-state index contributed by atoms with van der Waals surface area (Å²) in [5.41, 5.74) is 7.13. The lowest BCUT2D eigenvalue weighted by Crippen LogP contribution is -2.21. The fraction of sp³-hybridized carbons (Fsp3) is 0.357. The third-order valence-electron chi connectivity index (χ3n) is 2.89. The Morgan fingerprint density at radius 1 is 1.39 bits per heavy atom. The minimum atomic E-state index is 0.170. The van der Waals surface area contributed by atoms with Crippen molar-refractivity contribution in [3.8, 4) is 11.5 Å². The molecule has 1 aromatic heterocycles. The van der Waals surface area contributed by atoms with E-state index in [2.05, 4.69) is 18.1 Å². The summed E-state index contributed by atoms with van der Waals surface area (Å²) in [6.45, 7) is 2.09. The quantitative estimate of drug-likeness (QED) is 0.880. The summed E-state index contributed by atoms with van der Waals surface area (Å²) in [5.74, 6) is 1.60. The molecule has 0 aliphatic carbocycles. The van der Waals surface area contributed by atoms with E-state index in [0.717, 1.165) is 29.9 Å². The molecule has 0 bridgehead atoms. The average Bonchev–Trinajstić information content (AvgIpc) is 2.77. The molecule has 0 amide bonds. The topological polar surface area (TPSA) is 53.1 Å². The molecule has 0 radical (unpaired) electrons. The van der Waals surface area contributed by atoms with Gasteiger partial charge in [0.2, 0.25) is 0 Å². The Morgan fingerprint density at radius 3 is 2.83 bits per heavy atom. The van der Waals surface area contributed by atoms with Gasteiger partial charge in [-0.15, -0.1) is 0 Å². The molecule has 1 aromatic carbocycles. The van der Waals surface area contributed by atoms with Crippen LogP contribution in [-0.4, -0.2) is 15.8 Å². The van der Waals surface area contributed by atoms with Crippen molar-refractivity contribution in [3.05, 3.63) is 42.2 Å². The van der Waals surface area contributed by atoms with Crippen molar-refractivity contribution < 1.29 is 4.74 Å². The van der Waals surface area contributed by atoms with Crippen molar-refractivity contribution in [3.63, 3.8) is 0 Å². The minimum absolute atomic E-state index is 0.170. The van der Waals surface area contributed by atoms with Crippen LogP contribution < -0.4 is 10.5 Å².